The first-order chi connectivity index (χ1) is 8.58. The molecular weight excluding hydrogens is 232 g/mol. The number of aromatic nitrogens is 1. The summed E-state index contributed by atoms with van der Waals surface area (Å²) in [5, 5.41) is 8.94. The minimum atomic E-state index is -1.00. The summed E-state index contributed by atoms with van der Waals surface area (Å²) < 4.78 is 1.52. The molecule has 0 spiro atoms. The Balaban J connectivity index is 2.17. The van der Waals surface area contributed by atoms with Crippen LogP contribution in [-0.4, -0.2) is 40.2 Å². The zero-order chi connectivity index (χ0) is 13.1. The van der Waals surface area contributed by atoms with Gasteiger partial charge < -0.3 is 14.6 Å². The van der Waals surface area contributed by atoms with Crippen molar-refractivity contribution in [2.75, 3.05) is 19.6 Å². The van der Waals surface area contributed by atoms with Crippen molar-refractivity contribution in [3.8, 4) is 0 Å². The molecular formula is C13H18N2O3. The van der Waals surface area contributed by atoms with E-state index in [1.54, 1.807) is 0 Å². The van der Waals surface area contributed by atoms with Crippen LogP contribution < -0.4 is 5.56 Å². The largest absolute Gasteiger partial charge is 0.478 e. The van der Waals surface area contributed by atoms with Crippen LogP contribution in [0.25, 0.3) is 0 Å². The van der Waals surface area contributed by atoms with E-state index in [0.29, 0.717) is 0 Å². The standard InChI is InChI=1S/C13H18N2O3/c1-10(8-14-6-2-3-7-14)15-9-11(13(17)18)4-5-12(15)16/h4-5,9-10H,2-3,6-8H2,1H3,(H,17,18). The van der Waals surface area contributed by atoms with Crippen LogP contribution in [0.3, 0.4) is 0 Å². The van der Waals surface area contributed by atoms with Gasteiger partial charge in [-0.2, -0.15) is 0 Å². The fourth-order valence-electron chi connectivity index (χ4n) is 2.40. The molecule has 18 heavy (non-hydrogen) atoms. The summed E-state index contributed by atoms with van der Waals surface area (Å²) in [6, 6.07) is 2.67. The number of hydrogen-bond donors (Lipinski definition) is 1. The lowest BCUT2D eigenvalue weighted by Gasteiger charge is -2.22. The first-order valence-corrected chi connectivity index (χ1v) is 6.26. The summed E-state index contributed by atoms with van der Waals surface area (Å²) in [5.74, 6) is -1.00. The van der Waals surface area contributed by atoms with E-state index in [0.717, 1.165) is 19.6 Å². The van der Waals surface area contributed by atoms with Crippen molar-refractivity contribution in [2.45, 2.75) is 25.8 Å². The van der Waals surface area contributed by atoms with E-state index in [9.17, 15) is 9.59 Å². The number of nitrogens with zero attached hydrogens (tertiary/aromatic N) is 2. The lowest BCUT2D eigenvalue weighted by Crippen LogP contribution is -2.32. The first kappa shape index (κ1) is 12.8. The molecule has 1 aromatic rings. The molecule has 98 valence electrons. The van der Waals surface area contributed by atoms with Gasteiger partial charge in [-0.3, -0.25) is 4.79 Å². The molecule has 1 unspecified atom stereocenters. The summed E-state index contributed by atoms with van der Waals surface area (Å²) in [5.41, 5.74) is 0.00886. The van der Waals surface area contributed by atoms with Crippen molar-refractivity contribution in [1.29, 1.82) is 0 Å². The average molecular weight is 250 g/mol. The molecule has 5 heteroatoms. The third kappa shape index (κ3) is 2.79. The molecule has 1 N–H and O–H groups in total. The second-order valence-electron chi connectivity index (χ2n) is 4.83. The SMILES string of the molecule is CC(CN1CCCC1)n1cc(C(=O)O)ccc1=O. The van der Waals surface area contributed by atoms with Crippen LogP contribution in [0.15, 0.2) is 23.1 Å². The Labute approximate surface area is 106 Å². The number of pyridine rings is 1. The Morgan fingerprint density at radius 3 is 2.67 bits per heavy atom. The molecule has 0 saturated carbocycles. The third-order valence-electron chi connectivity index (χ3n) is 3.38. The van der Waals surface area contributed by atoms with E-state index in [1.165, 1.54) is 35.7 Å². The van der Waals surface area contributed by atoms with Crippen molar-refractivity contribution in [3.63, 3.8) is 0 Å². The van der Waals surface area contributed by atoms with Crippen molar-refractivity contribution in [3.05, 3.63) is 34.2 Å². The lowest BCUT2D eigenvalue weighted by atomic mass is 10.2. The summed E-state index contributed by atoms with van der Waals surface area (Å²) in [6.45, 7) is 4.88. The van der Waals surface area contributed by atoms with Gasteiger partial charge in [0.15, 0.2) is 0 Å². The van der Waals surface area contributed by atoms with E-state index in [2.05, 4.69) is 4.90 Å². The monoisotopic (exact) mass is 250 g/mol. The molecule has 0 aromatic carbocycles. The Morgan fingerprint density at radius 1 is 1.39 bits per heavy atom. The molecule has 5 nitrogen and oxygen atoms in total. The van der Waals surface area contributed by atoms with Gasteiger partial charge in [0.25, 0.3) is 5.56 Å². The fraction of sp³-hybridized carbons (Fsp3) is 0.538. The number of carboxylic acids is 1. The molecule has 0 bridgehead atoms. The van der Waals surface area contributed by atoms with Crippen molar-refractivity contribution in [1.82, 2.24) is 9.47 Å². The smallest absolute Gasteiger partial charge is 0.337 e. The number of likely N-dealkylation sites (tertiary alicyclic amines) is 1. The molecule has 2 rings (SSSR count). The van der Waals surface area contributed by atoms with E-state index in [-0.39, 0.29) is 17.2 Å². The molecule has 2 heterocycles. The molecule has 1 fully saturated rings. The van der Waals surface area contributed by atoms with Gasteiger partial charge in [0.2, 0.25) is 0 Å². The van der Waals surface area contributed by atoms with E-state index < -0.39 is 5.97 Å². The van der Waals surface area contributed by atoms with Crippen LogP contribution in [0.1, 0.15) is 36.2 Å². The summed E-state index contributed by atoms with van der Waals surface area (Å²) in [6.07, 6.45) is 3.85. The minimum Gasteiger partial charge on any atom is -0.478 e. The van der Waals surface area contributed by atoms with Gasteiger partial charge in [0.1, 0.15) is 0 Å². The predicted octanol–water partition coefficient (Wildman–Crippen LogP) is 1.20. The average Bonchev–Trinajstić information content (AvgIpc) is 2.81. The van der Waals surface area contributed by atoms with Crippen LogP contribution in [0.5, 0.6) is 0 Å². The molecule has 1 aliphatic rings. The van der Waals surface area contributed by atoms with E-state index >= 15 is 0 Å². The molecule has 0 radical (unpaired) electrons. The quantitative estimate of drug-likeness (QED) is 0.872. The van der Waals surface area contributed by atoms with Crippen molar-refractivity contribution < 1.29 is 9.90 Å². The summed E-state index contributed by atoms with van der Waals surface area (Å²) >= 11 is 0. The van der Waals surface area contributed by atoms with Gasteiger partial charge in [0.05, 0.1) is 5.56 Å². The van der Waals surface area contributed by atoms with Gasteiger partial charge in [-0.1, -0.05) is 0 Å². The van der Waals surface area contributed by atoms with Gasteiger partial charge in [0, 0.05) is 24.8 Å². The normalized spacial score (nSPS) is 17.8. The molecule has 1 atom stereocenters. The maximum atomic E-state index is 11.8. The van der Waals surface area contributed by atoms with E-state index in [1.807, 2.05) is 6.92 Å². The zero-order valence-electron chi connectivity index (χ0n) is 10.5. The summed E-state index contributed by atoms with van der Waals surface area (Å²) in [7, 11) is 0. The van der Waals surface area contributed by atoms with Crippen molar-refractivity contribution >= 4 is 5.97 Å². The first-order valence-electron chi connectivity index (χ1n) is 6.26. The fourth-order valence-corrected chi connectivity index (χ4v) is 2.40. The molecule has 1 aromatic heterocycles. The minimum absolute atomic E-state index is 0.00472. The van der Waals surface area contributed by atoms with Crippen LogP contribution in [-0.2, 0) is 0 Å². The Hall–Kier alpha value is -1.62. The van der Waals surface area contributed by atoms with Crippen LogP contribution in [0, 0.1) is 0 Å². The van der Waals surface area contributed by atoms with Crippen LogP contribution in [0.2, 0.25) is 0 Å². The topological polar surface area (TPSA) is 62.5 Å². The number of rotatable bonds is 4. The van der Waals surface area contributed by atoms with Gasteiger partial charge in [-0.25, -0.2) is 4.79 Å². The summed E-state index contributed by atoms with van der Waals surface area (Å²) in [4.78, 5) is 25.0. The highest BCUT2D eigenvalue weighted by Crippen LogP contribution is 2.13. The highest BCUT2D eigenvalue weighted by molar-refractivity contribution is 5.87. The van der Waals surface area contributed by atoms with Crippen molar-refractivity contribution in [2.24, 2.45) is 0 Å². The molecule has 1 saturated heterocycles. The number of hydrogen-bond acceptors (Lipinski definition) is 3. The second kappa shape index (κ2) is 5.35. The highest BCUT2D eigenvalue weighted by atomic mass is 16.4. The third-order valence-corrected chi connectivity index (χ3v) is 3.38. The lowest BCUT2D eigenvalue weighted by molar-refractivity contribution is 0.0695. The maximum absolute atomic E-state index is 11.8. The molecule has 0 aliphatic carbocycles. The molecule has 1 aliphatic heterocycles. The van der Waals surface area contributed by atoms with Gasteiger partial charge >= 0.3 is 5.97 Å². The van der Waals surface area contributed by atoms with Gasteiger partial charge in [-0.15, -0.1) is 0 Å². The number of aromatic carboxylic acids is 1. The van der Waals surface area contributed by atoms with Crippen LogP contribution in [0.4, 0.5) is 0 Å². The Morgan fingerprint density at radius 2 is 2.06 bits per heavy atom. The Kier molecular flexibility index (Phi) is 3.81. The predicted molar refractivity (Wildman–Crippen MR) is 68.0 cm³/mol. The highest BCUT2D eigenvalue weighted by Gasteiger charge is 2.17. The zero-order valence-corrected chi connectivity index (χ0v) is 10.5. The van der Waals surface area contributed by atoms with E-state index in [4.69, 9.17) is 5.11 Å². The number of carbonyl (C=O) groups is 1. The Bertz CT molecular complexity index is 489. The number of carboxylic acid groups (broad SMARTS) is 1. The maximum Gasteiger partial charge on any atom is 0.337 e. The van der Waals surface area contributed by atoms with Gasteiger partial charge in [-0.05, 0) is 38.9 Å². The van der Waals surface area contributed by atoms with Crippen LogP contribution >= 0.6 is 0 Å². The second-order valence-corrected chi connectivity index (χ2v) is 4.83. The molecule has 0 amide bonds.